The van der Waals surface area contributed by atoms with Gasteiger partial charge in [0.15, 0.2) is 0 Å². The van der Waals surface area contributed by atoms with Crippen molar-refractivity contribution in [2.45, 2.75) is 12.5 Å². The summed E-state index contributed by atoms with van der Waals surface area (Å²) >= 11 is 0. The van der Waals surface area contributed by atoms with E-state index < -0.39 is 12.0 Å². The number of carboxylic acid groups (broad SMARTS) is 1. The Morgan fingerprint density at radius 1 is 1.21 bits per heavy atom. The van der Waals surface area contributed by atoms with Crippen molar-refractivity contribution < 1.29 is 24.2 Å². The van der Waals surface area contributed by atoms with Crippen LogP contribution in [0, 0.1) is 0 Å². The van der Waals surface area contributed by atoms with Crippen molar-refractivity contribution in [1.82, 2.24) is 9.80 Å². The predicted octanol–water partition coefficient (Wildman–Crippen LogP) is -1.89. The molecule has 0 spiro atoms. The third-order valence-electron chi connectivity index (χ3n) is 2.92. The molecule has 1 heterocycles. The highest BCUT2D eigenvalue weighted by molar-refractivity contribution is 5.86. The van der Waals surface area contributed by atoms with Crippen LogP contribution in [0.3, 0.4) is 0 Å². The van der Waals surface area contributed by atoms with Gasteiger partial charge >= 0.3 is 5.97 Å². The van der Waals surface area contributed by atoms with E-state index in [1.807, 2.05) is 0 Å². The van der Waals surface area contributed by atoms with Crippen molar-refractivity contribution in [2.24, 2.45) is 5.73 Å². The molecule has 19 heavy (non-hydrogen) atoms. The Balaban J connectivity index is 2.43. The highest BCUT2D eigenvalue weighted by Crippen LogP contribution is 2.05. The Hall–Kier alpha value is -1.67. The maximum atomic E-state index is 11.8. The number of carboxylic acids is 1. The molecule has 0 radical (unpaired) electrons. The van der Waals surface area contributed by atoms with E-state index in [1.165, 1.54) is 12.0 Å². The van der Waals surface area contributed by atoms with Gasteiger partial charge in [0.2, 0.25) is 11.8 Å². The van der Waals surface area contributed by atoms with Gasteiger partial charge in [-0.15, -0.1) is 0 Å². The highest BCUT2D eigenvalue weighted by atomic mass is 16.5. The number of amides is 2. The number of carbonyl (C=O) groups is 3. The smallest absolute Gasteiger partial charge is 0.305 e. The van der Waals surface area contributed by atoms with E-state index in [-0.39, 0.29) is 24.8 Å². The summed E-state index contributed by atoms with van der Waals surface area (Å²) in [5.74, 6) is -1.61. The molecule has 8 nitrogen and oxygen atoms in total. The number of ether oxygens (including phenoxy) is 1. The zero-order valence-corrected chi connectivity index (χ0v) is 10.9. The largest absolute Gasteiger partial charge is 0.481 e. The van der Waals surface area contributed by atoms with Gasteiger partial charge in [-0.05, 0) is 0 Å². The first-order valence-corrected chi connectivity index (χ1v) is 5.98. The van der Waals surface area contributed by atoms with Crippen LogP contribution in [0.25, 0.3) is 0 Å². The van der Waals surface area contributed by atoms with Crippen molar-refractivity contribution in [3.63, 3.8) is 0 Å². The van der Waals surface area contributed by atoms with Crippen LogP contribution in [0.4, 0.5) is 0 Å². The molecule has 0 bridgehead atoms. The molecule has 0 aliphatic carbocycles. The summed E-state index contributed by atoms with van der Waals surface area (Å²) < 4.78 is 4.76. The number of hydrogen-bond donors (Lipinski definition) is 2. The number of hydrogen-bond acceptors (Lipinski definition) is 5. The SMILES string of the molecule is COCC(=O)N1CCN(C(=O)C(N)CC(=O)O)CC1. The average Bonchev–Trinajstić information content (AvgIpc) is 2.37. The van der Waals surface area contributed by atoms with E-state index in [0.717, 1.165) is 0 Å². The first kappa shape index (κ1) is 15.4. The van der Waals surface area contributed by atoms with Gasteiger partial charge in [0.05, 0.1) is 12.5 Å². The molecule has 1 saturated heterocycles. The minimum Gasteiger partial charge on any atom is -0.481 e. The number of carbonyl (C=O) groups excluding carboxylic acids is 2. The summed E-state index contributed by atoms with van der Waals surface area (Å²) in [6, 6.07) is -1.03. The Morgan fingerprint density at radius 3 is 2.21 bits per heavy atom. The first-order chi connectivity index (χ1) is 8.95. The Kier molecular flexibility index (Phi) is 5.71. The second-order valence-electron chi connectivity index (χ2n) is 4.34. The lowest BCUT2D eigenvalue weighted by molar-refractivity contribution is -0.144. The number of nitrogens with zero attached hydrogens (tertiary/aromatic N) is 2. The molecule has 8 heteroatoms. The van der Waals surface area contributed by atoms with Gasteiger partial charge in [-0.3, -0.25) is 14.4 Å². The normalized spacial score (nSPS) is 17.2. The molecule has 0 aromatic rings. The van der Waals surface area contributed by atoms with Crippen LogP contribution in [-0.4, -0.2) is 78.6 Å². The summed E-state index contributed by atoms with van der Waals surface area (Å²) in [7, 11) is 1.45. The molecular weight excluding hydrogens is 254 g/mol. The van der Waals surface area contributed by atoms with Gasteiger partial charge in [0, 0.05) is 33.3 Å². The average molecular weight is 273 g/mol. The number of rotatable bonds is 5. The number of piperazine rings is 1. The van der Waals surface area contributed by atoms with Gasteiger partial charge < -0.3 is 25.4 Å². The fraction of sp³-hybridized carbons (Fsp3) is 0.727. The van der Waals surface area contributed by atoms with Crippen molar-refractivity contribution in [2.75, 3.05) is 39.9 Å². The van der Waals surface area contributed by atoms with Gasteiger partial charge in [0.25, 0.3) is 0 Å². The summed E-state index contributed by atoms with van der Waals surface area (Å²) in [6.45, 7) is 1.57. The van der Waals surface area contributed by atoms with E-state index >= 15 is 0 Å². The number of methoxy groups -OCH3 is 1. The van der Waals surface area contributed by atoms with Crippen LogP contribution < -0.4 is 5.73 Å². The van der Waals surface area contributed by atoms with E-state index in [2.05, 4.69) is 0 Å². The van der Waals surface area contributed by atoms with Gasteiger partial charge in [-0.2, -0.15) is 0 Å². The quantitative estimate of drug-likeness (QED) is 0.605. The van der Waals surface area contributed by atoms with Crippen molar-refractivity contribution in [1.29, 1.82) is 0 Å². The van der Waals surface area contributed by atoms with Crippen molar-refractivity contribution in [3.8, 4) is 0 Å². The van der Waals surface area contributed by atoms with Crippen LogP contribution in [0.15, 0.2) is 0 Å². The van der Waals surface area contributed by atoms with E-state index in [9.17, 15) is 14.4 Å². The molecule has 0 aromatic heterocycles. The van der Waals surface area contributed by atoms with Crippen LogP contribution in [0.1, 0.15) is 6.42 Å². The summed E-state index contributed by atoms with van der Waals surface area (Å²) in [5, 5.41) is 8.59. The summed E-state index contributed by atoms with van der Waals surface area (Å²) in [6.07, 6.45) is -0.387. The van der Waals surface area contributed by atoms with Crippen molar-refractivity contribution >= 4 is 17.8 Å². The lowest BCUT2D eigenvalue weighted by atomic mass is 10.1. The molecule has 0 aromatic carbocycles. The van der Waals surface area contributed by atoms with Gasteiger partial charge in [0.1, 0.15) is 6.61 Å². The van der Waals surface area contributed by atoms with Crippen LogP contribution >= 0.6 is 0 Å². The Labute approximate surface area is 111 Å². The maximum absolute atomic E-state index is 11.8. The van der Waals surface area contributed by atoms with E-state index in [0.29, 0.717) is 26.2 Å². The topological polar surface area (TPSA) is 113 Å². The minimum atomic E-state index is -1.10. The summed E-state index contributed by atoms with van der Waals surface area (Å²) in [4.78, 5) is 37.0. The first-order valence-electron chi connectivity index (χ1n) is 5.98. The third-order valence-corrected chi connectivity index (χ3v) is 2.92. The molecule has 108 valence electrons. The standard InChI is InChI=1S/C11H19N3O5/c1-19-7-9(15)13-2-4-14(5-3-13)11(18)8(12)6-10(16)17/h8H,2-7,12H2,1H3,(H,16,17). The lowest BCUT2D eigenvalue weighted by Crippen LogP contribution is -2.55. The number of nitrogens with two attached hydrogens (primary N) is 1. The van der Waals surface area contributed by atoms with E-state index in [1.54, 1.807) is 4.90 Å². The third kappa shape index (κ3) is 4.49. The fourth-order valence-corrected chi connectivity index (χ4v) is 1.90. The highest BCUT2D eigenvalue weighted by Gasteiger charge is 2.27. The maximum Gasteiger partial charge on any atom is 0.305 e. The second kappa shape index (κ2) is 7.05. The molecule has 1 rings (SSSR count). The molecule has 1 fully saturated rings. The van der Waals surface area contributed by atoms with E-state index in [4.69, 9.17) is 15.6 Å². The Bertz CT molecular complexity index is 352. The Morgan fingerprint density at radius 2 is 1.74 bits per heavy atom. The molecule has 1 atom stereocenters. The van der Waals surface area contributed by atoms with Crippen LogP contribution in [0.5, 0.6) is 0 Å². The second-order valence-corrected chi connectivity index (χ2v) is 4.34. The van der Waals surface area contributed by atoms with Crippen LogP contribution in [-0.2, 0) is 19.1 Å². The van der Waals surface area contributed by atoms with Gasteiger partial charge in [-0.25, -0.2) is 0 Å². The zero-order chi connectivity index (χ0) is 14.4. The van der Waals surface area contributed by atoms with Crippen molar-refractivity contribution in [3.05, 3.63) is 0 Å². The molecule has 2 amide bonds. The molecule has 0 saturated carbocycles. The lowest BCUT2D eigenvalue weighted by Gasteiger charge is -2.35. The molecular formula is C11H19N3O5. The molecule has 1 aliphatic heterocycles. The number of aliphatic carboxylic acids is 1. The van der Waals surface area contributed by atoms with Gasteiger partial charge in [-0.1, -0.05) is 0 Å². The fourth-order valence-electron chi connectivity index (χ4n) is 1.90. The predicted molar refractivity (Wildman–Crippen MR) is 65.3 cm³/mol. The monoisotopic (exact) mass is 273 g/mol. The molecule has 1 unspecified atom stereocenters. The minimum absolute atomic E-state index is 0.0203. The molecule has 3 N–H and O–H groups in total. The van der Waals surface area contributed by atoms with Crippen LogP contribution in [0.2, 0.25) is 0 Å². The molecule has 1 aliphatic rings. The summed E-state index contributed by atoms with van der Waals surface area (Å²) in [5.41, 5.74) is 5.52. The zero-order valence-electron chi connectivity index (χ0n) is 10.9.